The Morgan fingerprint density at radius 3 is 2.32 bits per heavy atom. The summed E-state index contributed by atoms with van der Waals surface area (Å²) in [5.41, 5.74) is 1.33. The SMILES string of the molecule is CC(C)n1c(-c2ncc(S(=O)(=O)NC(C)C(F)(F)F)cn2)c(C#N)c2cc(Cl)ccc21. The second-order valence-electron chi connectivity index (χ2n) is 7.09. The third-order valence-electron chi connectivity index (χ3n) is 4.57. The topological polar surface area (TPSA) is 101 Å². The third-order valence-corrected chi connectivity index (χ3v) is 6.30. The first-order valence-electron chi connectivity index (χ1n) is 9.01. The first-order valence-corrected chi connectivity index (χ1v) is 10.9. The fourth-order valence-corrected chi connectivity index (χ4v) is 4.39. The minimum absolute atomic E-state index is 0.0559. The zero-order valence-electron chi connectivity index (χ0n) is 16.6. The highest BCUT2D eigenvalue weighted by molar-refractivity contribution is 7.89. The summed E-state index contributed by atoms with van der Waals surface area (Å²) in [7, 11) is -4.50. The van der Waals surface area contributed by atoms with Gasteiger partial charge in [-0.15, -0.1) is 0 Å². The molecule has 1 N–H and O–H groups in total. The van der Waals surface area contributed by atoms with Crippen molar-refractivity contribution in [2.75, 3.05) is 0 Å². The van der Waals surface area contributed by atoms with Gasteiger partial charge >= 0.3 is 6.18 Å². The molecule has 0 amide bonds. The molecule has 0 fully saturated rings. The first kappa shape index (κ1) is 23.0. The van der Waals surface area contributed by atoms with Gasteiger partial charge in [0.25, 0.3) is 0 Å². The van der Waals surface area contributed by atoms with Gasteiger partial charge in [-0.2, -0.15) is 23.2 Å². The summed E-state index contributed by atoms with van der Waals surface area (Å²) in [4.78, 5) is 7.55. The number of halogens is 4. The number of nitrogens with one attached hydrogen (secondary N) is 1. The number of sulfonamides is 1. The van der Waals surface area contributed by atoms with E-state index in [1.807, 2.05) is 18.4 Å². The maximum Gasteiger partial charge on any atom is 0.404 e. The van der Waals surface area contributed by atoms with Crippen molar-refractivity contribution in [3.05, 3.63) is 41.2 Å². The van der Waals surface area contributed by atoms with Gasteiger partial charge in [-0.25, -0.2) is 18.4 Å². The lowest BCUT2D eigenvalue weighted by molar-refractivity contribution is -0.147. The van der Waals surface area contributed by atoms with Crippen molar-refractivity contribution in [1.29, 1.82) is 5.26 Å². The molecule has 31 heavy (non-hydrogen) atoms. The Labute approximate surface area is 181 Å². The van der Waals surface area contributed by atoms with Gasteiger partial charge in [-0.05, 0) is 39.0 Å². The molecule has 1 unspecified atom stereocenters. The highest BCUT2D eigenvalue weighted by Gasteiger charge is 2.39. The van der Waals surface area contributed by atoms with Crippen molar-refractivity contribution in [3.8, 4) is 17.6 Å². The van der Waals surface area contributed by atoms with Crippen LogP contribution in [0.5, 0.6) is 0 Å². The summed E-state index contributed by atoms with van der Waals surface area (Å²) >= 11 is 6.08. The monoisotopic (exact) mass is 471 g/mol. The summed E-state index contributed by atoms with van der Waals surface area (Å²) in [6, 6.07) is 4.79. The molecule has 2 aromatic heterocycles. The van der Waals surface area contributed by atoms with Gasteiger partial charge in [0.2, 0.25) is 10.0 Å². The van der Waals surface area contributed by atoms with E-state index in [0.29, 0.717) is 28.5 Å². The van der Waals surface area contributed by atoms with E-state index in [0.717, 1.165) is 12.4 Å². The molecule has 0 bridgehead atoms. The molecule has 3 aromatic rings. The minimum atomic E-state index is -4.74. The zero-order valence-corrected chi connectivity index (χ0v) is 18.1. The van der Waals surface area contributed by atoms with Crippen molar-refractivity contribution in [2.45, 2.75) is 43.9 Å². The normalized spacial score (nSPS) is 13.5. The Morgan fingerprint density at radius 1 is 1.19 bits per heavy atom. The third kappa shape index (κ3) is 4.37. The largest absolute Gasteiger partial charge is 0.404 e. The van der Waals surface area contributed by atoms with Crippen LogP contribution in [0.4, 0.5) is 13.2 Å². The van der Waals surface area contributed by atoms with Crippen LogP contribution >= 0.6 is 11.6 Å². The van der Waals surface area contributed by atoms with Crippen LogP contribution < -0.4 is 4.72 Å². The molecule has 0 saturated carbocycles. The molecule has 1 atom stereocenters. The molecule has 0 aliphatic carbocycles. The average molecular weight is 472 g/mol. The van der Waals surface area contributed by atoms with Crippen LogP contribution in [-0.2, 0) is 10.0 Å². The molecule has 0 aliphatic rings. The Hall–Kier alpha value is -2.68. The van der Waals surface area contributed by atoms with Crippen molar-refractivity contribution in [2.24, 2.45) is 0 Å². The number of fused-ring (bicyclic) bond motifs is 1. The number of nitriles is 1. The number of hydrogen-bond acceptors (Lipinski definition) is 5. The van der Waals surface area contributed by atoms with Gasteiger partial charge in [0.15, 0.2) is 5.82 Å². The number of benzene rings is 1. The van der Waals surface area contributed by atoms with Crippen LogP contribution in [-0.4, -0.2) is 35.2 Å². The Balaban J connectivity index is 2.11. The molecule has 0 spiro atoms. The number of alkyl halides is 3. The maximum atomic E-state index is 12.7. The van der Waals surface area contributed by atoms with Crippen LogP contribution in [0.25, 0.3) is 22.4 Å². The van der Waals surface area contributed by atoms with Gasteiger partial charge in [-0.3, -0.25) is 0 Å². The van der Waals surface area contributed by atoms with E-state index in [2.05, 4.69) is 16.0 Å². The van der Waals surface area contributed by atoms with E-state index < -0.39 is 27.1 Å². The summed E-state index contributed by atoms with van der Waals surface area (Å²) in [5, 5.41) is 10.8. The van der Waals surface area contributed by atoms with E-state index >= 15 is 0 Å². The fraction of sp³-hybridized carbons (Fsp3) is 0.316. The number of rotatable bonds is 5. The second-order valence-corrected chi connectivity index (χ2v) is 9.24. The molecular weight excluding hydrogens is 455 g/mol. The molecular formula is C19H17ClF3N5O2S. The molecule has 2 heterocycles. The first-order chi connectivity index (χ1) is 14.4. The van der Waals surface area contributed by atoms with E-state index in [9.17, 15) is 26.9 Å². The van der Waals surface area contributed by atoms with Gasteiger partial charge < -0.3 is 4.57 Å². The molecule has 0 saturated heterocycles. The molecule has 164 valence electrons. The summed E-state index contributed by atoms with van der Waals surface area (Å²) < 4.78 is 66.0. The maximum absolute atomic E-state index is 12.7. The van der Waals surface area contributed by atoms with E-state index in [-0.39, 0.29) is 17.4 Å². The lowest BCUT2D eigenvalue weighted by Gasteiger charge is -2.17. The zero-order chi connectivity index (χ0) is 23.1. The van der Waals surface area contributed by atoms with Crippen molar-refractivity contribution < 1.29 is 21.6 Å². The Morgan fingerprint density at radius 2 is 1.81 bits per heavy atom. The number of nitrogens with zero attached hydrogens (tertiary/aromatic N) is 4. The van der Waals surface area contributed by atoms with Crippen molar-refractivity contribution in [1.82, 2.24) is 19.3 Å². The van der Waals surface area contributed by atoms with Gasteiger partial charge in [-0.1, -0.05) is 11.6 Å². The number of hydrogen-bond donors (Lipinski definition) is 1. The highest BCUT2D eigenvalue weighted by atomic mass is 35.5. The predicted octanol–water partition coefficient (Wildman–Crippen LogP) is 4.43. The molecule has 7 nitrogen and oxygen atoms in total. The van der Waals surface area contributed by atoms with Crippen LogP contribution in [0.15, 0.2) is 35.5 Å². The lowest BCUT2D eigenvalue weighted by Crippen LogP contribution is -2.43. The Kier molecular flexibility index (Phi) is 6.01. The molecule has 1 aromatic carbocycles. The molecule has 0 aliphatic heterocycles. The van der Waals surface area contributed by atoms with E-state index in [1.165, 1.54) is 0 Å². The summed E-state index contributed by atoms with van der Waals surface area (Å²) in [5.74, 6) is 0.0559. The van der Waals surface area contributed by atoms with Gasteiger partial charge in [0, 0.05) is 16.5 Å². The van der Waals surface area contributed by atoms with E-state index in [1.54, 1.807) is 22.9 Å². The van der Waals surface area contributed by atoms with Crippen LogP contribution in [0.2, 0.25) is 5.02 Å². The smallest absolute Gasteiger partial charge is 0.334 e. The molecule has 12 heteroatoms. The second kappa shape index (κ2) is 8.11. The van der Waals surface area contributed by atoms with Gasteiger partial charge in [0.1, 0.15) is 22.7 Å². The van der Waals surface area contributed by atoms with E-state index in [4.69, 9.17) is 11.6 Å². The summed E-state index contributed by atoms with van der Waals surface area (Å²) in [6.45, 7) is 4.47. The van der Waals surface area contributed by atoms with Crippen LogP contribution in [0.1, 0.15) is 32.4 Å². The predicted molar refractivity (Wildman–Crippen MR) is 109 cm³/mol. The van der Waals surface area contributed by atoms with Crippen LogP contribution in [0, 0.1) is 11.3 Å². The molecule has 3 rings (SSSR count). The highest BCUT2D eigenvalue weighted by Crippen LogP contribution is 2.35. The van der Waals surface area contributed by atoms with Crippen LogP contribution in [0.3, 0.4) is 0 Å². The Bertz CT molecular complexity index is 1280. The summed E-state index contributed by atoms with van der Waals surface area (Å²) in [6.07, 6.45) is -2.93. The quantitative estimate of drug-likeness (QED) is 0.593. The number of aromatic nitrogens is 3. The van der Waals surface area contributed by atoms with Crippen molar-refractivity contribution in [3.63, 3.8) is 0 Å². The lowest BCUT2D eigenvalue weighted by atomic mass is 10.1. The average Bonchev–Trinajstić information content (AvgIpc) is 3.00. The van der Waals surface area contributed by atoms with Gasteiger partial charge in [0.05, 0.1) is 23.5 Å². The minimum Gasteiger partial charge on any atom is -0.334 e. The molecule has 0 radical (unpaired) electrons. The van der Waals surface area contributed by atoms with Crippen molar-refractivity contribution >= 4 is 32.5 Å². The standard InChI is InChI=1S/C19H17ClF3N5O2S/c1-10(2)28-16-5-4-12(20)6-14(16)15(7-24)17(28)18-25-8-13(9-26-18)31(29,30)27-11(3)19(21,22)23/h4-6,8-11,27H,1-3H3. The fourth-order valence-electron chi connectivity index (χ4n) is 3.10.